The Morgan fingerprint density at radius 1 is 1.00 bits per heavy atom. The van der Waals surface area contributed by atoms with Gasteiger partial charge in [-0.3, -0.25) is 4.90 Å². The summed E-state index contributed by atoms with van der Waals surface area (Å²) < 4.78 is 32.4. The van der Waals surface area contributed by atoms with E-state index in [-0.39, 0.29) is 21.9 Å². The summed E-state index contributed by atoms with van der Waals surface area (Å²) in [5.41, 5.74) is 6.28. The van der Waals surface area contributed by atoms with Crippen LogP contribution in [-0.2, 0) is 33.3 Å². The van der Waals surface area contributed by atoms with Gasteiger partial charge in [-0.1, -0.05) is 55.3 Å². The molecule has 40 heavy (non-hydrogen) atoms. The first-order valence-corrected chi connectivity index (χ1v) is 15.4. The average molecular weight is 562 g/mol. The zero-order valence-electron chi connectivity index (χ0n) is 23.8. The molecule has 1 fully saturated rings. The van der Waals surface area contributed by atoms with Crippen LogP contribution in [0.3, 0.4) is 0 Å². The minimum Gasteiger partial charge on any atom is -0.371 e. The molecule has 0 bridgehead atoms. The number of sulfonamides is 1. The third-order valence-corrected chi connectivity index (χ3v) is 9.49. The quantitative estimate of drug-likeness (QED) is 0.364. The summed E-state index contributed by atoms with van der Waals surface area (Å²) in [6.45, 7) is 7.73. The molecule has 1 aliphatic carbocycles. The Balaban J connectivity index is 1.38. The molecule has 0 aromatic heterocycles. The predicted molar refractivity (Wildman–Crippen MR) is 159 cm³/mol. The van der Waals surface area contributed by atoms with Gasteiger partial charge in [-0.15, -0.1) is 0 Å². The van der Waals surface area contributed by atoms with Crippen molar-refractivity contribution >= 4 is 21.7 Å². The molecule has 1 heterocycles. The number of hydrogen-bond acceptors (Lipinski definition) is 4. The molecule has 2 aliphatic rings. The summed E-state index contributed by atoms with van der Waals surface area (Å²) in [6, 6.07) is 21.3. The lowest BCUT2D eigenvalue weighted by Gasteiger charge is -2.25. The Bertz CT molecular complexity index is 1490. The number of nitrogens with zero attached hydrogens (tertiary/aromatic N) is 1. The van der Waals surface area contributed by atoms with Crippen LogP contribution in [0, 0.1) is 0 Å². The minimum absolute atomic E-state index is 0.0251. The Morgan fingerprint density at radius 3 is 2.38 bits per heavy atom. The topological polar surface area (TPSA) is 87.7 Å². The standard InChI is InChI=1S/C32H39N3O4S/c1-31(2,3)39-21-25-9-5-6-10-27(25)24-13-16-29-28(19-24)32(17-7-8-18-32)22-35(29)30(36)34-20-23-11-14-26(15-12-23)40(37,38)33-4/h5-6,9-16,19,33H,7-8,17-18,20-22H2,1-4H3,(H,34,36). The van der Waals surface area contributed by atoms with Crippen LogP contribution in [0.5, 0.6) is 0 Å². The van der Waals surface area contributed by atoms with E-state index in [1.807, 2.05) is 4.90 Å². The van der Waals surface area contributed by atoms with Crippen molar-refractivity contribution in [2.24, 2.45) is 0 Å². The van der Waals surface area contributed by atoms with Crippen molar-refractivity contribution in [2.45, 2.75) is 75.5 Å². The third kappa shape index (κ3) is 5.80. The Hall–Kier alpha value is -3.20. The summed E-state index contributed by atoms with van der Waals surface area (Å²) in [5, 5.41) is 3.05. The maximum atomic E-state index is 13.5. The second kappa shape index (κ2) is 11.0. The number of rotatable bonds is 7. The van der Waals surface area contributed by atoms with Gasteiger partial charge >= 0.3 is 6.03 Å². The number of nitrogens with one attached hydrogen (secondary N) is 2. The first kappa shape index (κ1) is 28.3. The van der Waals surface area contributed by atoms with Crippen LogP contribution in [0.4, 0.5) is 10.5 Å². The van der Waals surface area contributed by atoms with Gasteiger partial charge in [0.25, 0.3) is 0 Å². The SMILES string of the molecule is CNS(=O)(=O)c1ccc(CNC(=O)N2CC3(CCCC3)c3cc(-c4ccccc4COC(C)(C)C)ccc32)cc1. The van der Waals surface area contributed by atoms with Gasteiger partial charge in [0.05, 0.1) is 17.1 Å². The number of anilines is 1. The second-order valence-corrected chi connectivity index (χ2v) is 13.8. The summed E-state index contributed by atoms with van der Waals surface area (Å²) in [7, 11) is -2.11. The number of amides is 2. The highest BCUT2D eigenvalue weighted by Crippen LogP contribution is 2.51. The number of ether oxygens (including phenoxy) is 1. The number of urea groups is 1. The zero-order valence-corrected chi connectivity index (χ0v) is 24.6. The molecular weight excluding hydrogens is 522 g/mol. The van der Waals surface area contributed by atoms with Crippen LogP contribution < -0.4 is 14.9 Å². The monoisotopic (exact) mass is 561 g/mol. The van der Waals surface area contributed by atoms with Crippen LogP contribution in [0.25, 0.3) is 11.1 Å². The highest BCUT2D eigenvalue weighted by molar-refractivity contribution is 7.89. The molecule has 3 aromatic carbocycles. The van der Waals surface area contributed by atoms with E-state index in [0.717, 1.165) is 53.6 Å². The van der Waals surface area contributed by atoms with E-state index in [4.69, 9.17) is 4.74 Å². The second-order valence-electron chi connectivity index (χ2n) is 11.9. The molecule has 1 aliphatic heterocycles. The van der Waals surface area contributed by atoms with Gasteiger partial charge in [0, 0.05) is 24.2 Å². The van der Waals surface area contributed by atoms with Crippen LogP contribution in [-0.4, -0.2) is 33.6 Å². The number of carbonyl (C=O) groups is 1. The molecular formula is C32H39N3O4S. The first-order valence-electron chi connectivity index (χ1n) is 14.0. The summed E-state index contributed by atoms with van der Waals surface area (Å²) in [4.78, 5) is 15.6. The van der Waals surface area contributed by atoms with E-state index < -0.39 is 10.0 Å². The van der Waals surface area contributed by atoms with E-state index >= 15 is 0 Å². The normalized spacial score (nSPS) is 16.4. The van der Waals surface area contributed by atoms with E-state index in [1.54, 1.807) is 24.3 Å². The van der Waals surface area contributed by atoms with Crippen molar-refractivity contribution in [3.05, 3.63) is 83.4 Å². The maximum absolute atomic E-state index is 13.5. The molecule has 0 radical (unpaired) electrons. The largest absolute Gasteiger partial charge is 0.371 e. The molecule has 0 atom stereocenters. The maximum Gasteiger partial charge on any atom is 0.322 e. The van der Waals surface area contributed by atoms with Gasteiger partial charge < -0.3 is 10.1 Å². The smallest absolute Gasteiger partial charge is 0.322 e. The minimum atomic E-state index is -3.49. The number of benzene rings is 3. The molecule has 1 spiro atoms. The summed E-state index contributed by atoms with van der Waals surface area (Å²) >= 11 is 0. The molecule has 1 saturated carbocycles. The lowest BCUT2D eigenvalue weighted by molar-refractivity contribution is -0.0147. The number of hydrogen-bond donors (Lipinski definition) is 2. The van der Waals surface area contributed by atoms with Crippen molar-refractivity contribution in [2.75, 3.05) is 18.5 Å². The Morgan fingerprint density at radius 2 is 1.70 bits per heavy atom. The third-order valence-electron chi connectivity index (χ3n) is 8.06. The van der Waals surface area contributed by atoms with Gasteiger partial charge in [-0.25, -0.2) is 17.9 Å². The molecule has 212 valence electrons. The van der Waals surface area contributed by atoms with Crippen molar-refractivity contribution in [3.8, 4) is 11.1 Å². The summed E-state index contributed by atoms with van der Waals surface area (Å²) in [5.74, 6) is 0. The fraction of sp³-hybridized carbons (Fsp3) is 0.406. The van der Waals surface area contributed by atoms with Gasteiger partial charge in [-0.2, -0.15) is 0 Å². The zero-order chi connectivity index (χ0) is 28.5. The van der Waals surface area contributed by atoms with Gasteiger partial charge in [0.2, 0.25) is 10.0 Å². The van der Waals surface area contributed by atoms with Crippen LogP contribution in [0.15, 0.2) is 71.6 Å². The van der Waals surface area contributed by atoms with E-state index in [0.29, 0.717) is 19.7 Å². The Labute approximate surface area is 238 Å². The molecule has 3 aromatic rings. The van der Waals surface area contributed by atoms with Crippen LogP contribution in [0.2, 0.25) is 0 Å². The van der Waals surface area contributed by atoms with E-state index in [9.17, 15) is 13.2 Å². The van der Waals surface area contributed by atoms with E-state index in [2.05, 4.69) is 73.3 Å². The number of carbonyl (C=O) groups excluding carboxylic acids is 1. The van der Waals surface area contributed by atoms with E-state index in [1.165, 1.54) is 12.6 Å². The van der Waals surface area contributed by atoms with Crippen molar-refractivity contribution in [3.63, 3.8) is 0 Å². The fourth-order valence-electron chi connectivity index (χ4n) is 5.90. The molecule has 0 saturated heterocycles. The lowest BCUT2D eigenvalue weighted by atomic mass is 9.79. The van der Waals surface area contributed by atoms with Gasteiger partial charge in [-0.05, 0) is 92.7 Å². The van der Waals surface area contributed by atoms with Crippen LogP contribution in [0.1, 0.15) is 63.1 Å². The van der Waals surface area contributed by atoms with Crippen molar-refractivity contribution < 1.29 is 17.9 Å². The number of fused-ring (bicyclic) bond motifs is 2. The fourth-order valence-corrected chi connectivity index (χ4v) is 6.63. The van der Waals surface area contributed by atoms with Gasteiger partial charge in [0.1, 0.15) is 0 Å². The van der Waals surface area contributed by atoms with Crippen molar-refractivity contribution in [1.29, 1.82) is 0 Å². The average Bonchev–Trinajstić information content (AvgIpc) is 3.55. The molecule has 7 nitrogen and oxygen atoms in total. The molecule has 2 N–H and O–H groups in total. The highest BCUT2D eigenvalue weighted by Gasteiger charge is 2.46. The van der Waals surface area contributed by atoms with Gasteiger partial charge in [0.15, 0.2) is 0 Å². The Kier molecular flexibility index (Phi) is 7.79. The molecule has 2 amide bonds. The predicted octanol–water partition coefficient (Wildman–Crippen LogP) is 6.12. The van der Waals surface area contributed by atoms with Crippen molar-refractivity contribution in [1.82, 2.24) is 10.0 Å². The lowest BCUT2D eigenvalue weighted by Crippen LogP contribution is -2.41. The summed E-state index contributed by atoms with van der Waals surface area (Å²) in [6.07, 6.45) is 4.47. The molecule has 5 rings (SSSR count). The molecule has 8 heteroatoms. The first-order chi connectivity index (χ1) is 19.0. The molecule has 0 unspecified atom stereocenters. The van der Waals surface area contributed by atoms with Crippen LogP contribution >= 0.6 is 0 Å². The highest BCUT2D eigenvalue weighted by atomic mass is 32.2.